The molecule has 0 aliphatic carbocycles. The minimum Gasteiger partial charge on any atom is -0.489 e. The zero-order valence-corrected chi connectivity index (χ0v) is 10.5. The molecule has 1 rings (SSSR count). The summed E-state index contributed by atoms with van der Waals surface area (Å²) in [6.07, 6.45) is 2.05. The molecule has 1 aromatic rings. The van der Waals surface area contributed by atoms with Gasteiger partial charge in [-0.05, 0) is 0 Å². The minimum atomic E-state index is -0.932. The fraction of sp³-hybridized carbons (Fsp3) is 0.500. The lowest BCUT2D eigenvalue weighted by atomic mass is 10.2. The van der Waals surface area contributed by atoms with Crippen molar-refractivity contribution in [1.29, 1.82) is 0 Å². The number of aliphatic hydroxyl groups excluding tert-OH is 2. The Morgan fingerprint density at radius 1 is 1.50 bits per heavy atom. The van der Waals surface area contributed by atoms with Crippen LogP contribution in [0.15, 0.2) is 18.5 Å². The van der Waals surface area contributed by atoms with Gasteiger partial charge in [-0.1, -0.05) is 13.8 Å². The van der Waals surface area contributed by atoms with Crippen LogP contribution in [-0.4, -0.2) is 40.4 Å². The molecular formula is C12H18N2O4. The number of pyridine rings is 1. The lowest BCUT2D eigenvalue weighted by Gasteiger charge is -2.11. The molecule has 1 aromatic heterocycles. The molecule has 0 saturated carbocycles. The molecule has 100 valence electrons. The first-order valence-corrected chi connectivity index (χ1v) is 5.70. The van der Waals surface area contributed by atoms with Gasteiger partial charge in [0, 0.05) is 12.0 Å². The second kappa shape index (κ2) is 6.93. The standard InChI is InChI=1S/C12H18N2O4/c1-8(2)12(17)14-9-3-11(5-13-4-9)18-7-10(16)6-15/h3-5,8,10,15-16H,6-7H2,1-2H3,(H,14,17)/t10-/m1/s1. The molecule has 0 aromatic carbocycles. The molecule has 1 amide bonds. The Kier molecular flexibility index (Phi) is 5.54. The molecule has 1 heterocycles. The van der Waals surface area contributed by atoms with E-state index >= 15 is 0 Å². The number of hydrogen-bond acceptors (Lipinski definition) is 5. The highest BCUT2D eigenvalue weighted by molar-refractivity contribution is 5.92. The first kappa shape index (κ1) is 14.4. The second-order valence-electron chi connectivity index (χ2n) is 4.20. The monoisotopic (exact) mass is 254 g/mol. The van der Waals surface area contributed by atoms with E-state index in [1.165, 1.54) is 12.4 Å². The Hall–Kier alpha value is -1.66. The van der Waals surface area contributed by atoms with E-state index < -0.39 is 6.10 Å². The van der Waals surface area contributed by atoms with E-state index in [0.717, 1.165) is 0 Å². The fourth-order valence-corrected chi connectivity index (χ4v) is 1.10. The Morgan fingerprint density at radius 2 is 2.22 bits per heavy atom. The van der Waals surface area contributed by atoms with E-state index in [1.54, 1.807) is 19.9 Å². The molecule has 6 nitrogen and oxygen atoms in total. The number of aliphatic hydroxyl groups is 2. The van der Waals surface area contributed by atoms with Gasteiger partial charge in [0.25, 0.3) is 0 Å². The number of carbonyl (C=O) groups excluding carboxylic acids is 1. The molecule has 18 heavy (non-hydrogen) atoms. The Morgan fingerprint density at radius 3 is 2.83 bits per heavy atom. The third-order valence-electron chi connectivity index (χ3n) is 2.16. The largest absolute Gasteiger partial charge is 0.489 e. The van der Waals surface area contributed by atoms with Gasteiger partial charge in [0.1, 0.15) is 18.5 Å². The molecule has 0 spiro atoms. The summed E-state index contributed by atoms with van der Waals surface area (Å²) in [5, 5.41) is 20.5. The van der Waals surface area contributed by atoms with Crippen LogP contribution in [0.2, 0.25) is 0 Å². The molecule has 6 heteroatoms. The van der Waals surface area contributed by atoms with Crippen LogP contribution in [0, 0.1) is 5.92 Å². The van der Waals surface area contributed by atoms with E-state index in [-0.39, 0.29) is 25.0 Å². The van der Waals surface area contributed by atoms with Gasteiger partial charge < -0.3 is 20.3 Å². The summed E-state index contributed by atoms with van der Waals surface area (Å²) in [5.41, 5.74) is 0.532. The summed E-state index contributed by atoms with van der Waals surface area (Å²) < 4.78 is 5.22. The summed E-state index contributed by atoms with van der Waals surface area (Å²) in [5.74, 6) is 0.194. The predicted octanol–water partition coefficient (Wildman–Crippen LogP) is 0.408. The SMILES string of the molecule is CC(C)C(=O)Nc1cncc(OC[C@H](O)CO)c1. The number of aromatic nitrogens is 1. The topological polar surface area (TPSA) is 91.7 Å². The average molecular weight is 254 g/mol. The van der Waals surface area contributed by atoms with Crippen molar-refractivity contribution in [2.24, 2.45) is 5.92 Å². The number of carbonyl (C=O) groups is 1. The van der Waals surface area contributed by atoms with E-state index in [2.05, 4.69) is 10.3 Å². The molecule has 0 aliphatic heterocycles. The summed E-state index contributed by atoms with van der Waals surface area (Å²) in [6, 6.07) is 1.61. The normalized spacial score (nSPS) is 12.3. The van der Waals surface area contributed by atoms with Crippen LogP contribution in [0.25, 0.3) is 0 Å². The molecule has 0 radical (unpaired) electrons. The maximum absolute atomic E-state index is 11.5. The first-order chi connectivity index (χ1) is 8.52. The van der Waals surface area contributed by atoms with Gasteiger partial charge in [0.2, 0.25) is 5.91 Å². The van der Waals surface area contributed by atoms with E-state index in [0.29, 0.717) is 11.4 Å². The van der Waals surface area contributed by atoms with Crippen molar-refractivity contribution >= 4 is 11.6 Å². The maximum atomic E-state index is 11.5. The second-order valence-corrected chi connectivity index (χ2v) is 4.20. The zero-order valence-electron chi connectivity index (χ0n) is 10.5. The van der Waals surface area contributed by atoms with Crippen molar-refractivity contribution in [1.82, 2.24) is 4.98 Å². The van der Waals surface area contributed by atoms with Gasteiger partial charge in [-0.3, -0.25) is 9.78 Å². The molecule has 0 unspecified atom stereocenters. The number of ether oxygens (including phenoxy) is 1. The van der Waals surface area contributed by atoms with Crippen LogP contribution >= 0.6 is 0 Å². The van der Waals surface area contributed by atoms with Crippen molar-refractivity contribution in [3.63, 3.8) is 0 Å². The van der Waals surface area contributed by atoms with E-state index in [4.69, 9.17) is 14.9 Å². The highest BCUT2D eigenvalue weighted by atomic mass is 16.5. The average Bonchev–Trinajstić information content (AvgIpc) is 2.36. The van der Waals surface area contributed by atoms with Crippen LogP contribution in [0.1, 0.15) is 13.8 Å². The fourth-order valence-electron chi connectivity index (χ4n) is 1.10. The zero-order chi connectivity index (χ0) is 13.5. The molecule has 0 fully saturated rings. The molecule has 0 aliphatic rings. The molecular weight excluding hydrogens is 236 g/mol. The Bertz CT molecular complexity index is 395. The quantitative estimate of drug-likeness (QED) is 0.684. The summed E-state index contributed by atoms with van der Waals surface area (Å²) in [4.78, 5) is 15.4. The number of rotatable bonds is 6. The summed E-state index contributed by atoms with van der Waals surface area (Å²) in [6.45, 7) is 3.19. The number of nitrogens with zero attached hydrogens (tertiary/aromatic N) is 1. The molecule has 1 atom stereocenters. The number of amides is 1. The number of nitrogens with one attached hydrogen (secondary N) is 1. The molecule has 0 saturated heterocycles. The lowest BCUT2D eigenvalue weighted by Crippen LogP contribution is -2.21. The van der Waals surface area contributed by atoms with E-state index in [9.17, 15) is 4.79 Å². The van der Waals surface area contributed by atoms with Crippen LogP contribution < -0.4 is 10.1 Å². The predicted molar refractivity (Wildman–Crippen MR) is 66.3 cm³/mol. The maximum Gasteiger partial charge on any atom is 0.226 e. The van der Waals surface area contributed by atoms with Crippen LogP contribution in [0.4, 0.5) is 5.69 Å². The van der Waals surface area contributed by atoms with Gasteiger partial charge in [-0.15, -0.1) is 0 Å². The first-order valence-electron chi connectivity index (χ1n) is 5.70. The molecule has 3 N–H and O–H groups in total. The number of hydrogen-bond donors (Lipinski definition) is 3. The van der Waals surface area contributed by atoms with Crippen LogP contribution in [0.5, 0.6) is 5.75 Å². The third-order valence-corrected chi connectivity index (χ3v) is 2.16. The van der Waals surface area contributed by atoms with Crippen molar-refractivity contribution in [2.45, 2.75) is 20.0 Å². The highest BCUT2D eigenvalue weighted by Crippen LogP contribution is 2.16. The molecule has 0 bridgehead atoms. The van der Waals surface area contributed by atoms with Gasteiger partial charge in [0.15, 0.2) is 0 Å². The van der Waals surface area contributed by atoms with Gasteiger partial charge in [-0.25, -0.2) is 0 Å². The number of anilines is 1. The smallest absolute Gasteiger partial charge is 0.226 e. The minimum absolute atomic E-state index is 0.0280. The Balaban J connectivity index is 2.59. The van der Waals surface area contributed by atoms with Gasteiger partial charge in [-0.2, -0.15) is 0 Å². The van der Waals surface area contributed by atoms with E-state index in [1.807, 2.05) is 0 Å². The van der Waals surface area contributed by atoms with Gasteiger partial charge in [0.05, 0.1) is 24.7 Å². The summed E-state index contributed by atoms with van der Waals surface area (Å²) in [7, 11) is 0. The Labute approximate surface area is 106 Å². The lowest BCUT2D eigenvalue weighted by molar-refractivity contribution is -0.118. The van der Waals surface area contributed by atoms with Crippen molar-refractivity contribution in [3.05, 3.63) is 18.5 Å². The third kappa shape index (κ3) is 4.68. The van der Waals surface area contributed by atoms with Gasteiger partial charge >= 0.3 is 0 Å². The highest BCUT2D eigenvalue weighted by Gasteiger charge is 2.08. The van der Waals surface area contributed by atoms with Crippen molar-refractivity contribution < 1.29 is 19.7 Å². The van der Waals surface area contributed by atoms with Crippen LogP contribution in [-0.2, 0) is 4.79 Å². The summed E-state index contributed by atoms with van der Waals surface area (Å²) >= 11 is 0. The van der Waals surface area contributed by atoms with Crippen LogP contribution in [0.3, 0.4) is 0 Å². The van der Waals surface area contributed by atoms with Crippen molar-refractivity contribution in [3.8, 4) is 5.75 Å². The van der Waals surface area contributed by atoms with Crippen molar-refractivity contribution in [2.75, 3.05) is 18.5 Å².